The van der Waals surface area contributed by atoms with Crippen molar-refractivity contribution in [1.82, 2.24) is 14.9 Å². The van der Waals surface area contributed by atoms with Crippen molar-refractivity contribution in [2.75, 3.05) is 61.4 Å². The van der Waals surface area contributed by atoms with Crippen LogP contribution in [0, 0.1) is 0 Å². The molecule has 0 bridgehead atoms. The highest BCUT2D eigenvalue weighted by Gasteiger charge is 2.22. The third-order valence-corrected chi connectivity index (χ3v) is 5.31. The molecule has 1 aromatic heterocycles. The lowest BCUT2D eigenvalue weighted by Gasteiger charge is -2.33. The van der Waals surface area contributed by atoms with Gasteiger partial charge in [-0.3, -0.25) is 4.79 Å². The topological polar surface area (TPSA) is 64.6 Å². The number of nitrogens with one attached hydrogen (secondary N) is 1. The molecule has 4 rings (SSSR count). The molecular weight excluding hydrogens is 340 g/mol. The van der Waals surface area contributed by atoms with E-state index in [0.29, 0.717) is 0 Å². The van der Waals surface area contributed by atoms with Crippen LogP contribution < -0.4 is 15.1 Å². The summed E-state index contributed by atoms with van der Waals surface area (Å²) in [7, 11) is 2.14. The second-order valence-corrected chi connectivity index (χ2v) is 7.26. The Balaban J connectivity index is 1.75. The number of aromatic nitrogens is 2. The van der Waals surface area contributed by atoms with Gasteiger partial charge in [0.05, 0.1) is 5.52 Å². The maximum Gasteiger partial charge on any atom is 0.247 e. The van der Waals surface area contributed by atoms with Gasteiger partial charge in [0.1, 0.15) is 5.82 Å². The van der Waals surface area contributed by atoms with E-state index in [0.717, 1.165) is 67.6 Å². The van der Waals surface area contributed by atoms with E-state index < -0.39 is 0 Å². The fourth-order valence-corrected chi connectivity index (χ4v) is 3.69. The van der Waals surface area contributed by atoms with Crippen molar-refractivity contribution in [2.45, 2.75) is 12.8 Å². The summed E-state index contributed by atoms with van der Waals surface area (Å²) in [5.74, 6) is 1.57. The molecule has 7 heteroatoms. The van der Waals surface area contributed by atoms with Gasteiger partial charge in [-0.15, -0.1) is 0 Å². The minimum atomic E-state index is -0.220. The van der Waals surface area contributed by atoms with Gasteiger partial charge >= 0.3 is 0 Å². The van der Waals surface area contributed by atoms with Crippen LogP contribution in [-0.2, 0) is 4.79 Å². The van der Waals surface area contributed by atoms with E-state index >= 15 is 0 Å². The Hall–Kier alpha value is -2.67. The Bertz CT molecular complexity index is 853. The molecule has 7 nitrogen and oxygen atoms in total. The molecule has 0 spiro atoms. The Morgan fingerprint density at radius 1 is 1.07 bits per heavy atom. The number of nitrogens with zero attached hydrogens (tertiary/aromatic N) is 5. The van der Waals surface area contributed by atoms with Crippen molar-refractivity contribution in [3.63, 3.8) is 0 Å². The first-order chi connectivity index (χ1) is 13.1. The molecule has 2 fully saturated rings. The zero-order chi connectivity index (χ0) is 18.8. The van der Waals surface area contributed by atoms with Crippen LogP contribution in [0.2, 0.25) is 0 Å². The minimum Gasteiger partial charge on any atom is -0.356 e. The molecule has 2 aliphatic heterocycles. The van der Waals surface area contributed by atoms with Crippen LogP contribution in [0.15, 0.2) is 30.9 Å². The number of amides is 1. The Morgan fingerprint density at radius 2 is 1.81 bits per heavy atom. The molecule has 2 aliphatic rings. The fraction of sp³-hybridized carbons (Fsp3) is 0.450. The van der Waals surface area contributed by atoms with Gasteiger partial charge in [0.15, 0.2) is 0 Å². The molecule has 1 aromatic carbocycles. The normalized spacial score (nSPS) is 18.1. The summed E-state index contributed by atoms with van der Waals surface area (Å²) in [5, 5.41) is 3.86. The van der Waals surface area contributed by atoms with Gasteiger partial charge in [-0.2, -0.15) is 4.98 Å². The zero-order valence-corrected chi connectivity index (χ0v) is 15.8. The molecule has 1 amide bonds. The van der Waals surface area contributed by atoms with Crippen molar-refractivity contribution in [3.05, 3.63) is 30.9 Å². The SMILES string of the molecule is C=CC(=O)Nc1ccc2c(N3CCCC3)nc(N3CCN(C)CC3)nc2c1. The second-order valence-electron chi connectivity index (χ2n) is 7.26. The Labute approximate surface area is 159 Å². The summed E-state index contributed by atoms with van der Waals surface area (Å²) in [6.07, 6.45) is 3.67. The standard InChI is InChI=1S/C20H26N6O/c1-3-18(27)21-15-6-7-16-17(14-15)22-20(26-12-10-24(2)11-13-26)23-19(16)25-8-4-5-9-25/h3,6-7,14H,1,4-5,8-13H2,2H3,(H,21,27). The van der Waals surface area contributed by atoms with Crippen molar-refractivity contribution in [1.29, 1.82) is 0 Å². The Kier molecular flexibility index (Phi) is 4.94. The highest BCUT2D eigenvalue weighted by Crippen LogP contribution is 2.31. The number of hydrogen-bond donors (Lipinski definition) is 1. The van der Waals surface area contributed by atoms with Gasteiger partial charge in [0.2, 0.25) is 11.9 Å². The molecule has 1 N–H and O–H groups in total. The quantitative estimate of drug-likeness (QED) is 0.836. The van der Waals surface area contributed by atoms with Crippen molar-refractivity contribution in [2.24, 2.45) is 0 Å². The van der Waals surface area contributed by atoms with E-state index in [-0.39, 0.29) is 5.91 Å². The van der Waals surface area contributed by atoms with Crippen LogP contribution in [0.1, 0.15) is 12.8 Å². The van der Waals surface area contributed by atoms with E-state index in [4.69, 9.17) is 9.97 Å². The molecule has 27 heavy (non-hydrogen) atoms. The third-order valence-electron chi connectivity index (χ3n) is 5.31. The molecule has 3 heterocycles. The van der Waals surface area contributed by atoms with E-state index in [1.807, 2.05) is 18.2 Å². The molecule has 0 unspecified atom stereocenters. The lowest BCUT2D eigenvalue weighted by atomic mass is 10.2. The number of benzene rings is 1. The Morgan fingerprint density at radius 3 is 2.52 bits per heavy atom. The average Bonchev–Trinajstić information content (AvgIpc) is 3.22. The molecular formula is C20H26N6O. The first kappa shape index (κ1) is 17.7. The van der Waals surface area contributed by atoms with Crippen LogP contribution in [0.5, 0.6) is 0 Å². The van der Waals surface area contributed by atoms with E-state index in [2.05, 4.69) is 33.6 Å². The van der Waals surface area contributed by atoms with Crippen LogP contribution in [0.4, 0.5) is 17.5 Å². The number of piperazine rings is 1. The van der Waals surface area contributed by atoms with Gasteiger partial charge in [0.25, 0.3) is 0 Å². The van der Waals surface area contributed by atoms with Crippen molar-refractivity contribution >= 4 is 34.3 Å². The largest absolute Gasteiger partial charge is 0.356 e. The van der Waals surface area contributed by atoms with Crippen molar-refractivity contribution < 1.29 is 4.79 Å². The second kappa shape index (κ2) is 7.52. The van der Waals surface area contributed by atoms with Gasteiger partial charge in [0, 0.05) is 50.3 Å². The van der Waals surface area contributed by atoms with E-state index in [1.165, 1.54) is 18.9 Å². The molecule has 2 aromatic rings. The lowest BCUT2D eigenvalue weighted by Crippen LogP contribution is -2.45. The van der Waals surface area contributed by atoms with Crippen LogP contribution >= 0.6 is 0 Å². The number of hydrogen-bond acceptors (Lipinski definition) is 6. The fourth-order valence-electron chi connectivity index (χ4n) is 3.69. The minimum absolute atomic E-state index is 0.220. The molecule has 0 radical (unpaired) electrons. The van der Waals surface area contributed by atoms with Crippen LogP contribution in [-0.4, -0.2) is 67.1 Å². The molecule has 2 saturated heterocycles. The summed E-state index contributed by atoms with van der Waals surface area (Å²) in [6.45, 7) is 9.44. The molecule has 142 valence electrons. The number of fused-ring (bicyclic) bond motifs is 1. The zero-order valence-electron chi connectivity index (χ0n) is 15.8. The molecule has 0 aliphatic carbocycles. The van der Waals surface area contributed by atoms with Crippen LogP contribution in [0.3, 0.4) is 0 Å². The predicted octanol–water partition coefficient (Wildman–Crippen LogP) is 2.11. The average molecular weight is 366 g/mol. The first-order valence-electron chi connectivity index (χ1n) is 9.58. The summed E-state index contributed by atoms with van der Waals surface area (Å²) < 4.78 is 0. The summed E-state index contributed by atoms with van der Waals surface area (Å²) in [6, 6.07) is 5.84. The number of carbonyl (C=O) groups excluding carboxylic acids is 1. The maximum absolute atomic E-state index is 11.7. The number of rotatable bonds is 4. The highest BCUT2D eigenvalue weighted by molar-refractivity contribution is 6.01. The smallest absolute Gasteiger partial charge is 0.247 e. The first-order valence-corrected chi connectivity index (χ1v) is 9.58. The van der Waals surface area contributed by atoms with Crippen molar-refractivity contribution in [3.8, 4) is 0 Å². The van der Waals surface area contributed by atoms with Gasteiger partial charge in [-0.1, -0.05) is 6.58 Å². The summed E-state index contributed by atoms with van der Waals surface area (Å²) >= 11 is 0. The monoisotopic (exact) mass is 366 g/mol. The van der Waals surface area contributed by atoms with E-state index in [9.17, 15) is 4.79 Å². The van der Waals surface area contributed by atoms with Gasteiger partial charge < -0.3 is 20.0 Å². The van der Waals surface area contributed by atoms with Gasteiger partial charge in [-0.05, 0) is 44.2 Å². The molecule has 0 atom stereocenters. The highest BCUT2D eigenvalue weighted by atomic mass is 16.1. The summed E-state index contributed by atoms with van der Waals surface area (Å²) in [5.41, 5.74) is 1.59. The number of anilines is 3. The summed E-state index contributed by atoms with van der Waals surface area (Å²) in [4.78, 5) is 28.4. The van der Waals surface area contributed by atoms with Gasteiger partial charge in [-0.25, -0.2) is 4.98 Å². The predicted molar refractivity (Wildman–Crippen MR) is 110 cm³/mol. The number of likely N-dealkylation sites (N-methyl/N-ethyl adjacent to an activating group) is 1. The number of carbonyl (C=O) groups is 1. The third kappa shape index (κ3) is 3.73. The van der Waals surface area contributed by atoms with E-state index in [1.54, 1.807) is 0 Å². The lowest BCUT2D eigenvalue weighted by molar-refractivity contribution is -0.111. The van der Waals surface area contributed by atoms with Crippen LogP contribution in [0.25, 0.3) is 10.9 Å². The maximum atomic E-state index is 11.7. The molecule has 0 saturated carbocycles.